The van der Waals surface area contributed by atoms with Gasteiger partial charge in [0.05, 0.1) is 35.8 Å². The molecule has 3 saturated heterocycles. The van der Waals surface area contributed by atoms with Crippen LogP contribution in [0.2, 0.25) is 0 Å². The van der Waals surface area contributed by atoms with Gasteiger partial charge in [-0.25, -0.2) is 4.68 Å². The van der Waals surface area contributed by atoms with E-state index in [1.54, 1.807) is 10.3 Å². The van der Waals surface area contributed by atoms with E-state index in [9.17, 15) is 14.7 Å². The van der Waals surface area contributed by atoms with Gasteiger partial charge < -0.3 is 24.1 Å². The number of ether oxygens (including phenoxy) is 4. The number of allylic oxidation sites excluding steroid dienone is 2. The second-order valence-corrected chi connectivity index (χ2v) is 18.5. The second-order valence-electron chi connectivity index (χ2n) is 18.5. The number of carbonyl (C=O) groups excluding carboxylic acids is 2. The molecule has 11 nitrogen and oxygen atoms in total. The minimum atomic E-state index is -0.691. The van der Waals surface area contributed by atoms with Crippen molar-refractivity contribution in [2.45, 2.75) is 156 Å². The van der Waals surface area contributed by atoms with Crippen LogP contribution in [0.25, 0.3) is 0 Å². The zero-order valence-electron chi connectivity index (χ0n) is 33.1. The van der Waals surface area contributed by atoms with E-state index in [2.05, 4.69) is 49.0 Å². The fourth-order valence-corrected chi connectivity index (χ4v) is 12.6. The summed E-state index contributed by atoms with van der Waals surface area (Å²) in [4.78, 5) is 26.4. The molecule has 15 atom stereocenters. The average Bonchev–Trinajstić information content (AvgIpc) is 3.80. The second kappa shape index (κ2) is 13.9. The maximum Gasteiger partial charge on any atom is 0.303 e. The summed E-state index contributed by atoms with van der Waals surface area (Å²) in [6.45, 7) is 18.3. The Morgan fingerprint density at radius 3 is 2.62 bits per heavy atom. The Morgan fingerprint density at radius 1 is 1.08 bits per heavy atom. The van der Waals surface area contributed by atoms with E-state index in [-0.39, 0.29) is 65.8 Å². The van der Waals surface area contributed by atoms with E-state index in [0.717, 1.165) is 50.8 Å². The number of aliphatic hydroxyl groups excluding tert-OH is 1. The Kier molecular flexibility index (Phi) is 9.76. The number of piperidine rings is 1. The van der Waals surface area contributed by atoms with Crippen molar-refractivity contribution in [2.24, 2.45) is 46.8 Å². The highest BCUT2D eigenvalue weighted by Crippen LogP contribution is 2.65. The summed E-state index contributed by atoms with van der Waals surface area (Å²) in [6.07, 6.45) is 11.4. The number of nitrogens with zero attached hydrogens (tertiary/aromatic N) is 4. The molecule has 2 unspecified atom stereocenters. The lowest BCUT2D eigenvalue weighted by atomic mass is 9.56. The molecule has 0 radical (unpaired) electrons. The predicted molar refractivity (Wildman–Crippen MR) is 197 cm³/mol. The third-order valence-electron chi connectivity index (χ3n) is 15.6. The Balaban J connectivity index is 1.02. The molecule has 1 N–H and O–H groups in total. The van der Waals surface area contributed by atoms with Crippen molar-refractivity contribution in [3.05, 3.63) is 34.7 Å². The zero-order valence-corrected chi connectivity index (χ0v) is 33.1. The number of esters is 2. The van der Waals surface area contributed by atoms with E-state index in [1.807, 2.05) is 20.0 Å². The molecule has 8 rings (SSSR count). The van der Waals surface area contributed by atoms with Crippen molar-refractivity contribution in [3.63, 3.8) is 0 Å². The molecule has 2 saturated carbocycles. The largest absolute Gasteiger partial charge is 0.463 e. The molecule has 1 aromatic rings. The molecule has 0 bridgehead atoms. The highest BCUT2D eigenvalue weighted by molar-refractivity contribution is 5.66. The van der Waals surface area contributed by atoms with E-state index in [4.69, 9.17) is 18.9 Å². The van der Waals surface area contributed by atoms with Crippen LogP contribution in [0.5, 0.6) is 0 Å². The number of rotatable bonds is 6. The molecular weight excluding hydrogens is 672 g/mol. The summed E-state index contributed by atoms with van der Waals surface area (Å²) >= 11 is 0. The molecular formula is C42H62N4O7. The highest BCUT2D eigenvalue weighted by atomic mass is 16.6. The first-order valence-electron chi connectivity index (χ1n) is 20.6. The molecule has 4 aliphatic carbocycles. The summed E-state index contributed by atoms with van der Waals surface area (Å²) in [5.41, 5.74) is 5.52. The van der Waals surface area contributed by atoms with Crippen molar-refractivity contribution in [2.75, 3.05) is 13.2 Å². The maximum absolute atomic E-state index is 12.2. The first kappa shape index (κ1) is 37.3. The van der Waals surface area contributed by atoms with Gasteiger partial charge in [0.15, 0.2) is 12.3 Å². The van der Waals surface area contributed by atoms with Gasteiger partial charge in [0.25, 0.3) is 0 Å². The number of hydrogen-bond acceptors (Lipinski definition) is 10. The van der Waals surface area contributed by atoms with Crippen LogP contribution in [0.4, 0.5) is 0 Å². The highest BCUT2D eigenvalue weighted by Gasteiger charge is 2.61. The molecule has 0 aromatic carbocycles. The molecule has 5 fully saturated rings. The Labute approximate surface area is 315 Å². The van der Waals surface area contributed by atoms with Gasteiger partial charge in [-0.2, -0.15) is 0 Å². The fraction of sp³-hybridized carbons (Fsp3) is 0.810. The molecule has 11 heteroatoms. The van der Waals surface area contributed by atoms with Crippen molar-refractivity contribution in [1.82, 2.24) is 19.9 Å². The van der Waals surface area contributed by atoms with Gasteiger partial charge in [-0.15, -0.1) is 5.10 Å². The maximum atomic E-state index is 12.2. The summed E-state index contributed by atoms with van der Waals surface area (Å²) in [5.74, 6) is 2.02. The summed E-state index contributed by atoms with van der Waals surface area (Å²) in [7, 11) is 0. The lowest BCUT2D eigenvalue weighted by Crippen LogP contribution is -2.51. The van der Waals surface area contributed by atoms with Crippen LogP contribution in [0.1, 0.15) is 119 Å². The van der Waals surface area contributed by atoms with Crippen molar-refractivity contribution >= 4 is 11.9 Å². The van der Waals surface area contributed by atoms with Crippen LogP contribution < -0.4 is 0 Å². The van der Waals surface area contributed by atoms with Gasteiger partial charge in [0, 0.05) is 44.8 Å². The molecule has 7 aliphatic rings. The van der Waals surface area contributed by atoms with E-state index in [1.165, 1.54) is 37.8 Å². The van der Waals surface area contributed by atoms with Gasteiger partial charge in [0.2, 0.25) is 0 Å². The SMILES string of the molecule is CC(=O)OCC1O[C@@H](n2cc(CN3C[C@@H](C)C[C@H]4O[C@]5(CC[C@@H]6C(=C5C)C[C@H]5[C@H]6CC=C6C[C@@H](O)CC[C@@]65C)[C@H](C)[C@@H]43)nn2)[C@@H](OC(C)=O)C(C)[C@H]1C. The number of fused-ring (bicyclic) bond motifs is 6. The third kappa shape index (κ3) is 6.24. The van der Waals surface area contributed by atoms with Crippen molar-refractivity contribution in [1.29, 1.82) is 0 Å². The number of likely N-dealkylation sites (tertiary alicyclic amines) is 1. The van der Waals surface area contributed by atoms with Crippen LogP contribution >= 0.6 is 0 Å². The summed E-state index contributed by atoms with van der Waals surface area (Å²) in [6, 6.07) is 0.270. The number of aromatic nitrogens is 3. The quantitative estimate of drug-likeness (QED) is 0.268. The van der Waals surface area contributed by atoms with Crippen LogP contribution in [-0.2, 0) is 35.1 Å². The number of aliphatic hydroxyl groups is 1. The third-order valence-corrected chi connectivity index (χ3v) is 15.6. The topological polar surface area (TPSA) is 125 Å². The molecule has 1 spiro atoms. The van der Waals surface area contributed by atoms with Crippen molar-refractivity contribution in [3.8, 4) is 0 Å². The monoisotopic (exact) mass is 734 g/mol. The Bertz CT molecular complexity index is 1650. The fourth-order valence-electron chi connectivity index (χ4n) is 12.6. The van der Waals surface area contributed by atoms with E-state index >= 15 is 0 Å². The zero-order chi connectivity index (χ0) is 37.6. The lowest BCUT2D eigenvalue weighted by Gasteiger charge is -2.49. The van der Waals surface area contributed by atoms with Gasteiger partial charge in [0.1, 0.15) is 6.61 Å². The van der Waals surface area contributed by atoms with Crippen LogP contribution in [0, 0.1) is 46.8 Å². The van der Waals surface area contributed by atoms with E-state index < -0.39 is 12.3 Å². The minimum absolute atomic E-state index is 0.0128. The predicted octanol–water partition coefficient (Wildman–Crippen LogP) is 6.17. The minimum Gasteiger partial charge on any atom is -0.463 e. The van der Waals surface area contributed by atoms with Gasteiger partial charge >= 0.3 is 11.9 Å². The first-order chi connectivity index (χ1) is 25.2. The smallest absolute Gasteiger partial charge is 0.303 e. The van der Waals surface area contributed by atoms with Crippen LogP contribution in [-0.4, -0.2) is 86.1 Å². The number of carbonyl (C=O) groups is 2. The van der Waals surface area contributed by atoms with Gasteiger partial charge in [-0.3, -0.25) is 14.5 Å². The summed E-state index contributed by atoms with van der Waals surface area (Å²) < 4.78 is 26.7. The van der Waals surface area contributed by atoms with Gasteiger partial charge in [-0.1, -0.05) is 57.1 Å². The van der Waals surface area contributed by atoms with Gasteiger partial charge in [-0.05, 0) is 98.9 Å². The first-order valence-corrected chi connectivity index (χ1v) is 20.6. The Hall–Kier alpha value is -2.60. The van der Waals surface area contributed by atoms with Crippen molar-refractivity contribution < 1.29 is 33.6 Å². The molecule has 1 aromatic heterocycles. The summed E-state index contributed by atoms with van der Waals surface area (Å²) in [5, 5.41) is 19.7. The lowest BCUT2D eigenvalue weighted by molar-refractivity contribution is -0.227. The van der Waals surface area contributed by atoms with Crippen LogP contribution in [0.3, 0.4) is 0 Å². The molecule has 3 aliphatic heterocycles. The molecule has 4 heterocycles. The molecule has 292 valence electrons. The van der Waals surface area contributed by atoms with E-state index in [0.29, 0.717) is 36.1 Å². The molecule has 0 amide bonds. The average molecular weight is 735 g/mol. The standard InChI is InChI=1S/C42H62N4O7/c1-22-15-36-38(26(5)42(53-36)14-12-32-33-10-9-29-16-31(49)11-13-41(29,8)35(33)17-34(32)25(42)4)45(18-22)19-30-20-46(44-43-30)40-39(51-28(7)48)24(3)23(2)37(52-40)21-50-27(6)47/h9,20,22-24,26,31-33,35-40,49H,10-19,21H2,1-8H3/t22-,23+,24?,26+,31-,32-,33-,35-,36+,37?,38-,39-,40+,41-,42-/m0/s1. The molecule has 53 heavy (non-hydrogen) atoms. The number of hydrogen-bond donors (Lipinski definition) is 1. The Morgan fingerprint density at radius 2 is 1.87 bits per heavy atom. The normalized spacial score (nSPS) is 45.2. The van der Waals surface area contributed by atoms with Crippen LogP contribution in [0.15, 0.2) is 29.0 Å².